The van der Waals surface area contributed by atoms with Crippen molar-refractivity contribution < 1.29 is 17.3 Å². The fourth-order valence-electron chi connectivity index (χ4n) is 3.42. The summed E-state index contributed by atoms with van der Waals surface area (Å²) in [4.78, 5) is 0.163. The first-order valence-electron chi connectivity index (χ1n) is 8.88. The van der Waals surface area contributed by atoms with Gasteiger partial charge in [-0.1, -0.05) is 59.6 Å². The van der Waals surface area contributed by atoms with Crippen molar-refractivity contribution >= 4 is 21.7 Å². The Bertz CT molecular complexity index is 1140. The molecule has 4 rings (SSSR count). The third-order valence-corrected chi connectivity index (χ3v) is 6.44. The molecule has 28 heavy (non-hydrogen) atoms. The highest BCUT2D eigenvalue weighted by molar-refractivity contribution is 7.86. The molecule has 0 aliphatic carbocycles. The van der Waals surface area contributed by atoms with E-state index in [4.69, 9.17) is 20.5 Å². The van der Waals surface area contributed by atoms with E-state index in [1.165, 1.54) is 0 Å². The summed E-state index contributed by atoms with van der Waals surface area (Å²) in [7, 11) is -3.93. The maximum absolute atomic E-state index is 12.7. The molecule has 1 heterocycles. The summed E-state index contributed by atoms with van der Waals surface area (Å²) in [6.07, 6.45) is -0.532. The van der Waals surface area contributed by atoms with Gasteiger partial charge in [-0.3, -0.25) is 0 Å². The Labute approximate surface area is 169 Å². The van der Waals surface area contributed by atoms with Gasteiger partial charge in [-0.25, -0.2) is 4.18 Å². The summed E-state index contributed by atoms with van der Waals surface area (Å²) in [5.74, 6) is 0.644. The fraction of sp³-hybridized carbons (Fsp3) is 0.182. The van der Waals surface area contributed by atoms with E-state index in [0.717, 1.165) is 22.3 Å². The van der Waals surface area contributed by atoms with Crippen LogP contribution in [0, 0.1) is 13.8 Å². The van der Waals surface area contributed by atoms with E-state index in [1.807, 2.05) is 55.5 Å². The molecule has 0 radical (unpaired) electrons. The van der Waals surface area contributed by atoms with E-state index in [2.05, 4.69) is 0 Å². The van der Waals surface area contributed by atoms with Crippen molar-refractivity contribution in [1.29, 1.82) is 0 Å². The Balaban J connectivity index is 1.60. The maximum atomic E-state index is 12.7. The fourth-order valence-corrected chi connectivity index (χ4v) is 4.73. The van der Waals surface area contributed by atoms with Crippen LogP contribution in [0.25, 0.3) is 11.1 Å². The average Bonchev–Trinajstić information content (AvgIpc) is 3.03. The number of fused-ring (bicyclic) bond motifs is 1. The molecule has 0 amide bonds. The van der Waals surface area contributed by atoms with Crippen molar-refractivity contribution in [1.82, 2.24) is 0 Å². The summed E-state index contributed by atoms with van der Waals surface area (Å²) in [6.45, 7) is 3.67. The number of hydrogen-bond donors (Lipinski definition) is 0. The molecule has 0 fully saturated rings. The van der Waals surface area contributed by atoms with Gasteiger partial charge in [-0.15, -0.1) is 0 Å². The molecule has 0 saturated heterocycles. The van der Waals surface area contributed by atoms with Gasteiger partial charge in [0.25, 0.3) is 0 Å². The molecule has 1 atom stereocenters. The molecule has 0 bridgehead atoms. The number of para-hydroxylation sites is 1. The molecule has 3 aromatic rings. The summed E-state index contributed by atoms with van der Waals surface area (Å²) >= 11 is 5.97. The molecule has 6 heteroatoms. The zero-order valence-corrected chi connectivity index (χ0v) is 17.0. The van der Waals surface area contributed by atoms with Crippen molar-refractivity contribution in [2.24, 2.45) is 0 Å². The predicted molar refractivity (Wildman–Crippen MR) is 109 cm³/mol. The van der Waals surface area contributed by atoms with Crippen molar-refractivity contribution in [2.45, 2.75) is 31.5 Å². The molecule has 0 saturated carbocycles. The Morgan fingerprint density at radius 1 is 1.04 bits per heavy atom. The molecule has 0 spiro atoms. The van der Waals surface area contributed by atoms with Crippen molar-refractivity contribution in [3.05, 3.63) is 82.4 Å². The van der Waals surface area contributed by atoms with Gasteiger partial charge >= 0.3 is 10.1 Å². The van der Waals surface area contributed by atoms with Gasteiger partial charge in [0.05, 0.1) is 4.90 Å². The van der Waals surface area contributed by atoms with Crippen LogP contribution in [-0.4, -0.2) is 14.7 Å². The third-order valence-electron chi connectivity index (χ3n) is 4.72. The number of benzene rings is 3. The minimum absolute atomic E-state index is 0.163. The molecule has 3 aromatic carbocycles. The summed E-state index contributed by atoms with van der Waals surface area (Å²) in [6, 6.07) is 18.3. The van der Waals surface area contributed by atoms with Crippen molar-refractivity contribution in [3.63, 3.8) is 0 Å². The van der Waals surface area contributed by atoms with Gasteiger partial charge in [0.2, 0.25) is 6.29 Å². The number of ether oxygens (including phenoxy) is 1. The largest absolute Gasteiger partial charge is 0.462 e. The topological polar surface area (TPSA) is 52.6 Å². The predicted octanol–water partition coefficient (Wildman–Crippen LogP) is 5.29. The third kappa shape index (κ3) is 3.65. The van der Waals surface area contributed by atoms with Crippen LogP contribution in [0.3, 0.4) is 0 Å². The Kier molecular flexibility index (Phi) is 4.91. The minimum atomic E-state index is -3.93. The number of halogens is 1. The van der Waals surface area contributed by atoms with Crippen LogP contribution in [0.2, 0.25) is 5.02 Å². The number of hydrogen-bond acceptors (Lipinski definition) is 4. The van der Waals surface area contributed by atoms with Crippen LogP contribution in [0.15, 0.2) is 65.6 Å². The zero-order chi connectivity index (χ0) is 19.9. The lowest BCUT2D eigenvalue weighted by molar-refractivity contribution is 0.0316. The van der Waals surface area contributed by atoms with Gasteiger partial charge in [-0.05, 0) is 43.2 Å². The quantitative estimate of drug-likeness (QED) is 0.544. The Morgan fingerprint density at radius 3 is 2.50 bits per heavy atom. The smallest absolute Gasteiger partial charge is 0.300 e. The molecule has 1 aliphatic heterocycles. The molecule has 4 nitrogen and oxygen atoms in total. The van der Waals surface area contributed by atoms with Gasteiger partial charge in [-0.2, -0.15) is 8.42 Å². The van der Waals surface area contributed by atoms with E-state index in [9.17, 15) is 8.42 Å². The summed E-state index contributed by atoms with van der Waals surface area (Å²) in [5.41, 5.74) is 4.38. The van der Waals surface area contributed by atoms with Crippen LogP contribution in [0.4, 0.5) is 0 Å². The zero-order valence-electron chi connectivity index (χ0n) is 15.5. The second kappa shape index (κ2) is 7.24. The Hall–Kier alpha value is -2.34. The summed E-state index contributed by atoms with van der Waals surface area (Å²) < 4.78 is 36.8. The van der Waals surface area contributed by atoms with Crippen molar-refractivity contribution in [2.75, 3.05) is 0 Å². The highest BCUT2D eigenvalue weighted by atomic mass is 35.5. The highest BCUT2D eigenvalue weighted by Gasteiger charge is 2.31. The maximum Gasteiger partial charge on any atom is 0.300 e. The van der Waals surface area contributed by atoms with Crippen LogP contribution in [0.1, 0.15) is 16.7 Å². The normalized spacial score (nSPS) is 15.9. The molecule has 0 aromatic heterocycles. The van der Waals surface area contributed by atoms with Gasteiger partial charge < -0.3 is 4.74 Å². The lowest BCUT2D eigenvalue weighted by Gasteiger charge is -2.15. The standard InChI is InChI=1S/C22H19ClO4S/c1-14-6-11-20(15(2)12-14)28(24,25)27-21-13-17-4-3-5-19(22(17)26-21)16-7-9-18(23)10-8-16/h3-12,21H,13H2,1-2H3. The summed E-state index contributed by atoms with van der Waals surface area (Å²) in [5, 5.41) is 0.651. The first-order valence-corrected chi connectivity index (χ1v) is 10.7. The minimum Gasteiger partial charge on any atom is -0.462 e. The average molecular weight is 415 g/mol. The van der Waals surface area contributed by atoms with Crippen LogP contribution in [-0.2, 0) is 20.7 Å². The monoisotopic (exact) mass is 414 g/mol. The van der Waals surface area contributed by atoms with E-state index in [1.54, 1.807) is 19.1 Å². The van der Waals surface area contributed by atoms with Crippen molar-refractivity contribution in [3.8, 4) is 16.9 Å². The van der Waals surface area contributed by atoms with Crippen LogP contribution < -0.4 is 4.74 Å². The van der Waals surface area contributed by atoms with Crippen LogP contribution in [0.5, 0.6) is 5.75 Å². The molecular formula is C22H19ClO4S. The number of rotatable bonds is 4. The molecule has 0 N–H and O–H groups in total. The highest BCUT2D eigenvalue weighted by Crippen LogP contribution is 2.40. The second-order valence-corrected chi connectivity index (χ2v) is 8.85. The van der Waals surface area contributed by atoms with E-state index < -0.39 is 16.4 Å². The van der Waals surface area contributed by atoms with Gasteiger partial charge in [0.15, 0.2) is 0 Å². The lowest BCUT2D eigenvalue weighted by Crippen LogP contribution is -2.23. The second-order valence-electron chi connectivity index (χ2n) is 6.87. The van der Waals surface area contributed by atoms with Crippen LogP contribution >= 0.6 is 11.6 Å². The number of aryl methyl sites for hydroxylation is 2. The molecule has 1 aliphatic rings. The van der Waals surface area contributed by atoms with Gasteiger partial charge in [0.1, 0.15) is 5.75 Å². The molecule has 144 valence electrons. The lowest BCUT2D eigenvalue weighted by atomic mass is 10.0. The Morgan fingerprint density at radius 2 is 1.79 bits per heavy atom. The van der Waals surface area contributed by atoms with E-state index >= 15 is 0 Å². The molecule has 1 unspecified atom stereocenters. The first-order chi connectivity index (χ1) is 13.3. The van der Waals surface area contributed by atoms with E-state index in [0.29, 0.717) is 22.8 Å². The first kappa shape index (κ1) is 19.0. The SMILES string of the molecule is Cc1ccc(S(=O)(=O)OC2Cc3cccc(-c4ccc(Cl)cc4)c3O2)c(C)c1. The van der Waals surface area contributed by atoms with E-state index in [-0.39, 0.29) is 4.90 Å². The molecular weight excluding hydrogens is 396 g/mol. The van der Waals surface area contributed by atoms with Gasteiger partial charge in [0, 0.05) is 22.6 Å².